The topological polar surface area (TPSA) is 98.8 Å². The maximum Gasteiger partial charge on any atom is 0.313 e. The molecule has 0 atom stereocenters. The van der Waals surface area contributed by atoms with Crippen LogP contribution in [-0.2, 0) is 16.1 Å². The minimum absolute atomic E-state index is 0.184. The molecule has 0 saturated heterocycles. The highest BCUT2D eigenvalue weighted by Crippen LogP contribution is 2.32. The summed E-state index contributed by atoms with van der Waals surface area (Å²) in [7, 11) is 1.49. The predicted molar refractivity (Wildman–Crippen MR) is 83.8 cm³/mol. The van der Waals surface area contributed by atoms with Crippen molar-refractivity contribution in [1.29, 1.82) is 0 Å². The van der Waals surface area contributed by atoms with Crippen LogP contribution in [0.15, 0.2) is 36.5 Å². The maximum absolute atomic E-state index is 11.9. The van der Waals surface area contributed by atoms with Gasteiger partial charge in [-0.15, -0.1) is 0 Å². The molecule has 1 aliphatic rings. The van der Waals surface area contributed by atoms with E-state index in [1.54, 1.807) is 30.3 Å². The summed E-state index contributed by atoms with van der Waals surface area (Å²) < 4.78 is 15.4. The van der Waals surface area contributed by atoms with E-state index in [9.17, 15) is 9.59 Å². The van der Waals surface area contributed by atoms with Crippen molar-refractivity contribution in [1.82, 2.24) is 10.3 Å². The fourth-order valence-electron chi connectivity index (χ4n) is 2.08. The van der Waals surface area contributed by atoms with Gasteiger partial charge in [0.05, 0.1) is 19.0 Å². The Hall–Kier alpha value is -3.29. The number of anilines is 1. The van der Waals surface area contributed by atoms with E-state index in [-0.39, 0.29) is 13.3 Å². The van der Waals surface area contributed by atoms with Gasteiger partial charge in [-0.2, -0.15) is 0 Å². The number of pyridine rings is 1. The van der Waals surface area contributed by atoms with Gasteiger partial charge in [0, 0.05) is 12.6 Å². The Balaban J connectivity index is 1.53. The number of methoxy groups -OCH3 is 1. The number of benzene rings is 1. The number of ether oxygens (including phenoxy) is 3. The SMILES string of the molecule is COc1ccc(NC(=O)C(=O)NCc2ccc3c(c2)OCO3)cn1. The molecular weight excluding hydrogens is 314 g/mol. The molecule has 24 heavy (non-hydrogen) atoms. The van der Waals surface area contributed by atoms with Crippen LogP contribution in [0.2, 0.25) is 0 Å². The number of nitrogens with one attached hydrogen (secondary N) is 2. The molecule has 2 heterocycles. The van der Waals surface area contributed by atoms with Crippen molar-refractivity contribution < 1.29 is 23.8 Å². The van der Waals surface area contributed by atoms with Crippen molar-refractivity contribution in [2.45, 2.75) is 6.54 Å². The molecule has 124 valence electrons. The van der Waals surface area contributed by atoms with Gasteiger partial charge in [-0.1, -0.05) is 6.07 Å². The van der Waals surface area contributed by atoms with Gasteiger partial charge in [-0.3, -0.25) is 9.59 Å². The number of hydrogen-bond donors (Lipinski definition) is 2. The zero-order chi connectivity index (χ0) is 16.9. The van der Waals surface area contributed by atoms with Crippen LogP contribution < -0.4 is 24.8 Å². The largest absolute Gasteiger partial charge is 0.481 e. The molecule has 0 bridgehead atoms. The number of nitrogens with zero attached hydrogens (tertiary/aromatic N) is 1. The Bertz CT molecular complexity index is 761. The first-order valence-electron chi connectivity index (χ1n) is 7.13. The standard InChI is InChI=1S/C16H15N3O5/c1-22-14-5-3-11(8-17-14)19-16(21)15(20)18-7-10-2-4-12-13(6-10)24-9-23-12/h2-6,8H,7,9H2,1H3,(H,18,20)(H,19,21). The fraction of sp³-hybridized carbons (Fsp3) is 0.188. The molecular formula is C16H15N3O5. The van der Waals surface area contributed by atoms with E-state index in [0.29, 0.717) is 23.1 Å². The van der Waals surface area contributed by atoms with Crippen LogP contribution in [0.3, 0.4) is 0 Å². The first-order chi connectivity index (χ1) is 11.7. The minimum atomic E-state index is -0.775. The third-order valence-corrected chi connectivity index (χ3v) is 3.30. The molecule has 0 spiro atoms. The lowest BCUT2D eigenvalue weighted by Gasteiger charge is -2.07. The van der Waals surface area contributed by atoms with E-state index < -0.39 is 11.8 Å². The van der Waals surface area contributed by atoms with Gasteiger partial charge in [0.25, 0.3) is 0 Å². The number of carbonyl (C=O) groups excluding carboxylic acids is 2. The van der Waals surface area contributed by atoms with Crippen LogP contribution >= 0.6 is 0 Å². The van der Waals surface area contributed by atoms with Crippen molar-refractivity contribution in [3.63, 3.8) is 0 Å². The summed E-state index contributed by atoms with van der Waals surface area (Å²) in [5.41, 5.74) is 1.20. The Labute approximate surface area is 137 Å². The summed E-state index contributed by atoms with van der Waals surface area (Å²) in [5.74, 6) is 0.178. The lowest BCUT2D eigenvalue weighted by molar-refractivity contribution is -0.136. The van der Waals surface area contributed by atoms with E-state index in [0.717, 1.165) is 5.56 Å². The molecule has 0 aliphatic carbocycles. The molecule has 0 fully saturated rings. The Morgan fingerprint density at radius 2 is 2.00 bits per heavy atom. The zero-order valence-electron chi connectivity index (χ0n) is 12.9. The normalized spacial score (nSPS) is 11.7. The van der Waals surface area contributed by atoms with Gasteiger partial charge in [-0.25, -0.2) is 4.98 Å². The van der Waals surface area contributed by atoms with Crippen LogP contribution in [0.25, 0.3) is 0 Å². The molecule has 2 aromatic rings. The molecule has 0 unspecified atom stereocenters. The lowest BCUT2D eigenvalue weighted by Crippen LogP contribution is -2.34. The molecule has 3 rings (SSSR count). The molecule has 2 N–H and O–H groups in total. The highest BCUT2D eigenvalue weighted by atomic mass is 16.7. The number of fused-ring (bicyclic) bond motifs is 1. The van der Waals surface area contributed by atoms with Crippen molar-refractivity contribution in [2.24, 2.45) is 0 Å². The summed E-state index contributed by atoms with van der Waals surface area (Å²) in [6, 6.07) is 8.48. The van der Waals surface area contributed by atoms with Gasteiger partial charge < -0.3 is 24.8 Å². The third-order valence-electron chi connectivity index (χ3n) is 3.30. The second kappa shape index (κ2) is 6.86. The average Bonchev–Trinajstić information content (AvgIpc) is 3.08. The van der Waals surface area contributed by atoms with E-state index in [2.05, 4.69) is 15.6 Å². The molecule has 8 heteroatoms. The molecule has 1 aromatic carbocycles. The number of aromatic nitrogens is 1. The van der Waals surface area contributed by atoms with Crippen LogP contribution in [-0.4, -0.2) is 30.7 Å². The third kappa shape index (κ3) is 3.54. The molecule has 1 aromatic heterocycles. The highest BCUT2D eigenvalue weighted by molar-refractivity contribution is 6.39. The van der Waals surface area contributed by atoms with Crippen molar-refractivity contribution >= 4 is 17.5 Å². The van der Waals surface area contributed by atoms with E-state index in [1.165, 1.54) is 13.3 Å². The monoisotopic (exact) mass is 329 g/mol. The van der Waals surface area contributed by atoms with E-state index in [1.807, 2.05) is 0 Å². The fourth-order valence-corrected chi connectivity index (χ4v) is 2.08. The predicted octanol–water partition coefficient (Wildman–Crippen LogP) is 1.07. The summed E-state index contributed by atoms with van der Waals surface area (Å²) in [6.07, 6.45) is 1.40. The molecule has 0 saturated carbocycles. The van der Waals surface area contributed by atoms with Gasteiger partial charge in [0.1, 0.15) is 0 Å². The summed E-state index contributed by atoms with van der Waals surface area (Å²) >= 11 is 0. The Morgan fingerprint density at radius 3 is 2.75 bits per heavy atom. The van der Waals surface area contributed by atoms with Gasteiger partial charge in [0.2, 0.25) is 12.7 Å². The van der Waals surface area contributed by atoms with Crippen LogP contribution in [0.1, 0.15) is 5.56 Å². The van der Waals surface area contributed by atoms with E-state index in [4.69, 9.17) is 14.2 Å². The molecule has 2 amide bonds. The number of carbonyl (C=O) groups is 2. The van der Waals surface area contributed by atoms with Crippen LogP contribution in [0, 0.1) is 0 Å². The number of hydrogen-bond acceptors (Lipinski definition) is 6. The van der Waals surface area contributed by atoms with Crippen molar-refractivity contribution in [3.8, 4) is 17.4 Å². The average molecular weight is 329 g/mol. The Morgan fingerprint density at radius 1 is 1.17 bits per heavy atom. The molecule has 8 nitrogen and oxygen atoms in total. The smallest absolute Gasteiger partial charge is 0.313 e. The first kappa shape index (κ1) is 15.6. The second-order valence-corrected chi connectivity index (χ2v) is 4.91. The van der Waals surface area contributed by atoms with Crippen molar-refractivity contribution in [3.05, 3.63) is 42.1 Å². The Kier molecular flexibility index (Phi) is 4.46. The summed E-state index contributed by atoms with van der Waals surface area (Å²) in [4.78, 5) is 27.6. The second-order valence-electron chi connectivity index (χ2n) is 4.91. The van der Waals surface area contributed by atoms with Crippen molar-refractivity contribution in [2.75, 3.05) is 19.2 Å². The first-order valence-corrected chi connectivity index (χ1v) is 7.13. The molecule has 1 aliphatic heterocycles. The minimum Gasteiger partial charge on any atom is -0.481 e. The summed E-state index contributed by atoms with van der Waals surface area (Å²) in [5, 5.41) is 5.00. The summed E-state index contributed by atoms with van der Waals surface area (Å²) in [6.45, 7) is 0.382. The van der Waals surface area contributed by atoms with E-state index >= 15 is 0 Å². The van der Waals surface area contributed by atoms with Gasteiger partial charge >= 0.3 is 11.8 Å². The number of amides is 2. The van der Waals surface area contributed by atoms with Crippen LogP contribution in [0.4, 0.5) is 5.69 Å². The highest BCUT2D eigenvalue weighted by Gasteiger charge is 2.16. The zero-order valence-corrected chi connectivity index (χ0v) is 12.9. The van der Waals surface area contributed by atoms with Gasteiger partial charge in [0.15, 0.2) is 11.5 Å². The quantitative estimate of drug-likeness (QED) is 0.814. The molecule has 0 radical (unpaired) electrons. The maximum atomic E-state index is 11.9. The number of rotatable bonds is 4. The van der Waals surface area contributed by atoms with Crippen LogP contribution in [0.5, 0.6) is 17.4 Å². The van der Waals surface area contributed by atoms with Gasteiger partial charge in [-0.05, 0) is 23.8 Å². The lowest BCUT2D eigenvalue weighted by atomic mass is 10.2.